The van der Waals surface area contributed by atoms with Gasteiger partial charge in [-0.05, 0) is 36.2 Å². The second kappa shape index (κ2) is 9.35. The molecule has 1 atom stereocenters. The predicted molar refractivity (Wildman–Crippen MR) is 123 cm³/mol. The van der Waals surface area contributed by atoms with Crippen molar-refractivity contribution < 1.29 is 23.4 Å². The first-order valence-corrected chi connectivity index (χ1v) is 10.9. The third-order valence-corrected chi connectivity index (χ3v) is 5.82. The summed E-state index contributed by atoms with van der Waals surface area (Å²) < 4.78 is 35.6. The van der Waals surface area contributed by atoms with Crippen molar-refractivity contribution in [3.05, 3.63) is 47.8 Å². The number of rotatable bonds is 7. The maximum atomic E-state index is 12.7. The molecule has 0 spiro atoms. The summed E-state index contributed by atoms with van der Waals surface area (Å²) in [5, 5.41) is 13.5. The highest BCUT2D eigenvalue weighted by Gasteiger charge is 2.21. The zero-order valence-corrected chi connectivity index (χ0v) is 18.5. The number of nitrogens with zero attached hydrogens (tertiary/aromatic N) is 4. The Labute approximate surface area is 193 Å². The first-order valence-electron chi connectivity index (χ1n) is 10.9. The van der Waals surface area contributed by atoms with Gasteiger partial charge in [0.2, 0.25) is 0 Å². The number of aromatic amines is 1. The van der Waals surface area contributed by atoms with Crippen LogP contribution in [0.15, 0.2) is 36.7 Å². The molecule has 0 saturated carbocycles. The summed E-state index contributed by atoms with van der Waals surface area (Å²) in [5.41, 5.74) is 3.52. The summed E-state index contributed by atoms with van der Waals surface area (Å²) >= 11 is 0. The largest absolute Gasteiger partial charge is 0.433 e. The number of anilines is 2. The van der Waals surface area contributed by atoms with Crippen LogP contribution in [0.5, 0.6) is 5.75 Å². The molecule has 0 unspecified atom stereocenters. The van der Waals surface area contributed by atoms with Gasteiger partial charge >= 0.3 is 6.61 Å². The Morgan fingerprint density at radius 3 is 3.00 bits per heavy atom. The maximum absolute atomic E-state index is 12.7. The van der Waals surface area contributed by atoms with Gasteiger partial charge in [-0.2, -0.15) is 8.78 Å². The predicted octanol–water partition coefficient (Wildman–Crippen LogP) is 3.23. The van der Waals surface area contributed by atoms with E-state index in [1.807, 2.05) is 19.1 Å². The zero-order valence-electron chi connectivity index (χ0n) is 18.5. The first-order chi connectivity index (χ1) is 16.5. The Morgan fingerprint density at radius 2 is 2.18 bits per heavy atom. The van der Waals surface area contributed by atoms with Gasteiger partial charge in [-0.3, -0.25) is 0 Å². The van der Waals surface area contributed by atoms with Gasteiger partial charge < -0.3 is 29.8 Å². The van der Waals surface area contributed by atoms with Crippen LogP contribution >= 0.6 is 0 Å². The minimum Gasteiger partial charge on any atom is -0.433 e. The number of aryl methyl sites for hydroxylation is 1. The van der Waals surface area contributed by atoms with E-state index in [9.17, 15) is 13.9 Å². The number of nitrogens with one attached hydrogen (secondary N) is 2. The van der Waals surface area contributed by atoms with E-state index in [1.54, 1.807) is 18.5 Å². The molecule has 0 aliphatic carbocycles. The molecule has 34 heavy (non-hydrogen) atoms. The summed E-state index contributed by atoms with van der Waals surface area (Å²) in [7, 11) is 0. The highest BCUT2D eigenvalue weighted by Crippen LogP contribution is 2.31. The van der Waals surface area contributed by atoms with Crippen LogP contribution in [0.1, 0.15) is 11.1 Å². The van der Waals surface area contributed by atoms with Crippen LogP contribution in [0.25, 0.3) is 22.1 Å². The van der Waals surface area contributed by atoms with Crippen molar-refractivity contribution >= 4 is 33.7 Å². The van der Waals surface area contributed by atoms with Gasteiger partial charge in [0, 0.05) is 31.2 Å². The molecule has 3 N–H and O–H groups in total. The Bertz CT molecular complexity index is 1310. The smallest absolute Gasteiger partial charge is 0.387 e. The number of aliphatic hydroxyl groups is 1. The summed E-state index contributed by atoms with van der Waals surface area (Å²) in [5.74, 6) is 1.40. The number of halogens is 2. The lowest BCUT2D eigenvalue weighted by atomic mass is 10.1. The normalized spacial score (nSPS) is 16.5. The molecular weight excluding hydrogens is 446 g/mol. The minimum absolute atomic E-state index is 0.0406. The SMILES string of the molecule is Cc1c[nH]c2c(OC(F)F)ccc(CNc3cnc4ccc(N5CCO[C@@H](CO)C5)nc4n3)c12. The highest BCUT2D eigenvalue weighted by molar-refractivity contribution is 5.91. The summed E-state index contributed by atoms with van der Waals surface area (Å²) in [6.45, 7) is 1.13. The monoisotopic (exact) mass is 470 g/mol. The van der Waals surface area contributed by atoms with E-state index >= 15 is 0 Å². The Morgan fingerprint density at radius 1 is 1.29 bits per heavy atom. The minimum atomic E-state index is -2.90. The molecule has 4 heterocycles. The van der Waals surface area contributed by atoms with Crippen LogP contribution in [0.4, 0.5) is 20.4 Å². The molecular formula is C23H24F2N6O3. The number of ether oxygens (including phenoxy) is 2. The molecule has 3 aromatic heterocycles. The molecule has 0 radical (unpaired) electrons. The fourth-order valence-corrected chi connectivity index (χ4v) is 4.19. The van der Waals surface area contributed by atoms with Gasteiger partial charge in [0.15, 0.2) is 5.65 Å². The quantitative estimate of drug-likeness (QED) is 0.378. The van der Waals surface area contributed by atoms with Crippen molar-refractivity contribution in [3.8, 4) is 5.75 Å². The lowest BCUT2D eigenvalue weighted by Crippen LogP contribution is -2.44. The average Bonchev–Trinajstić information content (AvgIpc) is 3.25. The van der Waals surface area contributed by atoms with Gasteiger partial charge in [0.1, 0.15) is 22.9 Å². The fourth-order valence-electron chi connectivity index (χ4n) is 4.19. The number of aromatic nitrogens is 4. The molecule has 11 heteroatoms. The Hall–Kier alpha value is -3.57. The number of benzene rings is 1. The van der Waals surface area contributed by atoms with Gasteiger partial charge in [-0.1, -0.05) is 6.07 Å². The number of alkyl halides is 2. The number of hydrogen-bond donors (Lipinski definition) is 3. The molecule has 1 fully saturated rings. The number of aliphatic hydroxyl groups excluding tert-OH is 1. The van der Waals surface area contributed by atoms with Crippen LogP contribution in [-0.4, -0.2) is 64.1 Å². The van der Waals surface area contributed by atoms with E-state index in [0.29, 0.717) is 48.7 Å². The molecule has 178 valence electrons. The van der Waals surface area contributed by atoms with Gasteiger partial charge in [0.05, 0.1) is 31.0 Å². The van der Waals surface area contributed by atoms with E-state index < -0.39 is 6.61 Å². The summed E-state index contributed by atoms with van der Waals surface area (Å²) in [6, 6.07) is 7.04. The van der Waals surface area contributed by atoms with Crippen molar-refractivity contribution in [3.63, 3.8) is 0 Å². The number of pyridine rings is 1. The lowest BCUT2D eigenvalue weighted by molar-refractivity contribution is -0.0489. The molecule has 1 saturated heterocycles. The average molecular weight is 470 g/mol. The van der Waals surface area contributed by atoms with Gasteiger partial charge in [0.25, 0.3) is 0 Å². The van der Waals surface area contributed by atoms with E-state index in [4.69, 9.17) is 4.74 Å². The first kappa shape index (κ1) is 22.2. The van der Waals surface area contributed by atoms with Crippen molar-refractivity contribution in [1.82, 2.24) is 19.9 Å². The molecule has 1 aliphatic rings. The number of H-pyrrole nitrogens is 1. The van der Waals surface area contributed by atoms with Crippen molar-refractivity contribution in [2.45, 2.75) is 26.2 Å². The number of fused-ring (bicyclic) bond motifs is 2. The third kappa shape index (κ3) is 4.44. The van der Waals surface area contributed by atoms with E-state index in [0.717, 1.165) is 22.3 Å². The second-order valence-electron chi connectivity index (χ2n) is 8.07. The highest BCUT2D eigenvalue weighted by atomic mass is 19.3. The maximum Gasteiger partial charge on any atom is 0.387 e. The van der Waals surface area contributed by atoms with Crippen molar-refractivity contribution in [2.75, 3.05) is 36.5 Å². The summed E-state index contributed by atoms with van der Waals surface area (Å²) in [4.78, 5) is 18.8. The second-order valence-corrected chi connectivity index (χ2v) is 8.07. The molecule has 5 rings (SSSR count). The van der Waals surface area contributed by atoms with Crippen LogP contribution in [0.3, 0.4) is 0 Å². The zero-order chi connectivity index (χ0) is 23.7. The lowest BCUT2D eigenvalue weighted by Gasteiger charge is -2.32. The summed E-state index contributed by atoms with van der Waals surface area (Å²) in [6.07, 6.45) is 3.16. The van der Waals surface area contributed by atoms with Crippen LogP contribution in [0, 0.1) is 6.92 Å². The Kier molecular flexibility index (Phi) is 6.12. The molecule has 0 bridgehead atoms. The molecule has 4 aromatic rings. The standard InChI is InChI=1S/C23H24F2N6O3/c1-13-8-28-21-17(34-23(24)25)4-2-14(20(13)21)9-27-18-10-26-16-3-5-19(30-22(16)29-18)31-6-7-33-15(11-31)12-32/h2-5,8,10,15,23,28,32H,6-7,9,11-12H2,1H3,(H,27,29,30)/t15-/m1/s1. The molecule has 0 amide bonds. The molecule has 1 aromatic carbocycles. The molecule has 9 nitrogen and oxygen atoms in total. The van der Waals surface area contributed by atoms with E-state index in [2.05, 4.69) is 34.9 Å². The third-order valence-electron chi connectivity index (χ3n) is 5.82. The van der Waals surface area contributed by atoms with Crippen LogP contribution in [0.2, 0.25) is 0 Å². The topological polar surface area (TPSA) is 108 Å². The van der Waals surface area contributed by atoms with E-state index in [-0.39, 0.29) is 18.5 Å². The fraction of sp³-hybridized carbons (Fsp3) is 0.348. The Balaban J connectivity index is 1.37. The van der Waals surface area contributed by atoms with Crippen LogP contribution in [-0.2, 0) is 11.3 Å². The number of morpholine rings is 1. The van der Waals surface area contributed by atoms with Crippen LogP contribution < -0.4 is 15.0 Å². The van der Waals surface area contributed by atoms with Crippen molar-refractivity contribution in [2.24, 2.45) is 0 Å². The number of hydrogen-bond acceptors (Lipinski definition) is 8. The van der Waals surface area contributed by atoms with Crippen molar-refractivity contribution in [1.29, 1.82) is 0 Å². The van der Waals surface area contributed by atoms with E-state index in [1.165, 1.54) is 6.07 Å². The van der Waals surface area contributed by atoms with Gasteiger partial charge in [-0.15, -0.1) is 0 Å². The van der Waals surface area contributed by atoms with Gasteiger partial charge in [-0.25, -0.2) is 15.0 Å². The molecule has 1 aliphatic heterocycles.